The van der Waals surface area contributed by atoms with E-state index in [1.54, 1.807) is 66.7 Å². The lowest BCUT2D eigenvalue weighted by molar-refractivity contribution is 0.0720. The molecule has 0 atom stereocenters. The Kier molecular flexibility index (Phi) is 21.3. The van der Waals surface area contributed by atoms with E-state index < -0.39 is 23.9 Å². The van der Waals surface area contributed by atoms with E-state index in [2.05, 4.69) is 19.6 Å². The van der Waals surface area contributed by atoms with Crippen molar-refractivity contribution in [2.24, 2.45) is 0 Å². The third-order valence-corrected chi connectivity index (χ3v) is 11.8. The molecule has 0 aliphatic rings. The first-order valence-corrected chi connectivity index (χ1v) is 24.9. The molecule has 71 heavy (non-hydrogen) atoms. The lowest BCUT2D eigenvalue weighted by Crippen LogP contribution is -2.11. The van der Waals surface area contributed by atoms with E-state index in [4.69, 9.17) is 28.4 Å². The number of unbranched alkanes of at least 4 members (excludes halogenated alkanes) is 14. The van der Waals surface area contributed by atoms with Crippen molar-refractivity contribution in [3.63, 3.8) is 0 Å². The number of allylic oxidation sites excluding steroid dienone is 1. The molecule has 0 aromatic heterocycles. The second-order valence-electron chi connectivity index (χ2n) is 17.3. The predicted molar refractivity (Wildman–Crippen MR) is 275 cm³/mol. The van der Waals surface area contributed by atoms with Gasteiger partial charge in [-0.25, -0.2) is 19.2 Å². The molecule has 6 aromatic rings. The monoisotopic (exact) mass is 957 g/mol. The molecule has 0 bridgehead atoms. The molecule has 0 saturated carbocycles. The van der Waals surface area contributed by atoms with E-state index in [-0.39, 0.29) is 39.7 Å². The number of nitriles is 1. The summed E-state index contributed by atoms with van der Waals surface area (Å²) in [7, 11) is 0. The average molecular weight is 958 g/mol. The molecular weight excluding hydrogens is 895 g/mol. The molecule has 0 amide bonds. The molecule has 0 N–H and O–H groups in total. The molecule has 0 unspecified atom stereocenters. The van der Waals surface area contributed by atoms with Gasteiger partial charge in [0, 0.05) is 5.39 Å². The minimum atomic E-state index is -0.739. The van der Waals surface area contributed by atoms with Crippen molar-refractivity contribution in [3.8, 4) is 40.6 Å². The SMILES string of the molecule is C=CCCCCCCCCCOc1ccc(C(=O)Oc2ccc(C(=O)Oc3ccc4ccc(OC(=O)c5ccc(OC(=O)c6ccc(OCCCCCCCCCC)cc6)cc5)cc4c3C#N)cc2)cc1. The van der Waals surface area contributed by atoms with Crippen LogP contribution < -0.4 is 28.4 Å². The largest absolute Gasteiger partial charge is 0.494 e. The lowest BCUT2D eigenvalue weighted by atomic mass is 10.0. The zero-order valence-corrected chi connectivity index (χ0v) is 40.7. The summed E-state index contributed by atoms with van der Waals surface area (Å²) in [6.07, 6.45) is 21.1. The maximum atomic E-state index is 13.3. The van der Waals surface area contributed by atoms with E-state index >= 15 is 0 Å². The summed E-state index contributed by atoms with van der Waals surface area (Å²) in [5, 5.41) is 11.2. The van der Waals surface area contributed by atoms with Gasteiger partial charge in [0.05, 0.1) is 35.5 Å². The van der Waals surface area contributed by atoms with Gasteiger partial charge in [0.25, 0.3) is 0 Å². The molecule has 0 aliphatic heterocycles. The van der Waals surface area contributed by atoms with Crippen LogP contribution in [0.4, 0.5) is 0 Å². The van der Waals surface area contributed by atoms with Crippen molar-refractivity contribution in [3.05, 3.63) is 168 Å². The topological polar surface area (TPSA) is 147 Å². The van der Waals surface area contributed by atoms with Crippen LogP contribution in [0.3, 0.4) is 0 Å². The van der Waals surface area contributed by atoms with E-state index in [0.29, 0.717) is 46.6 Å². The van der Waals surface area contributed by atoms with Crippen LogP contribution in [0, 0.1) is 11.3 Å². The Morgan fingerprint density at radius 1 is 0.451 bits per heavy atom. The first-order chi connectivity index (χ1) is 34.7. The molecule has 6 aromatic carbocycles. The Hall–Kier alpha value is -7.71. The summed E-state index contributed by atoms with van der Waals surface area (Å²) in [4.78, 5) is 52.2. The van der Waals surface area contributed by atoms with Crippen LogP contribution in [-0.2, 0) is 0 Å². The van der Waals surface area contributed by atoms with E-state index in [1.165, 1.54) is 131 Å². The van der Waals surface area contributed by atoms with Crippen molar-refractivity contribution >= 4 is 34.6 Å². The van der Waals surface area contributed by atoms with Crippen LogP contribution in [0.25, 0.3) is 10.8 Å². The number of fused-ring (bicyclic) bond motifs is 1. The normalized spacial score (nSPS) is 10.8. The summed E-state index contributed by atoms with van der Waals surface area (Å²) >= 11 is 0. The maximum Gasteiger partial charge on any atom is 0.343 e. The minimum Gasteiger partial charge on any atom is -0.494 e. The second kappa shape index (κ2) is 28.7. The molecule has 6 rings (SSSR count). The number of carbonyl (C=O) groups is 4. The van der Waals surface area contributed by atoms with Gasteiger partial charge >= 0.3 is 23.9 Å². The van der Waals surface area contributed by atoms with Crippen LogP contribution in [0.2, 0.25) is 0 Å². The van der Waals surface area contributed by atoms with Gasteiger partial charge in [-0.1, -0.05) is 102 Å². The predicted octanol–water partition coefficient (Wildman–Crippen LogP) is 14.8. The van der Waals surface area contributed by atoms with Crippen LogP contribution in [-0.4, -0.2) is 37.1 Å². The van der Waals surface area contributed by atoms with Gasteiger partial charge in [-0.3, -0.25) is 0 Å². The highest BCUT2D eigenvalue weighted by Gasteiger charge is 2.18. The van der Waals surface area contributed by atoms with Crippen molar-refractivity contribution in [1.82, 2.24) is 0 Å². The Morgan fingerprint density at radius 3 is 1.25 bits per heavy atom. The number of hydrogen-bond donors (Lipinski definition) is 0. The van der Waals surface area contributed by atoms with Crippen LogP contribution in [0.1, 0.15) is 157 Å². The molecule has 0 fully saturated rings. The van der Waals surface area contributed by atoms with Gasteiger partial charge in [0.2, 0.25) is 0 Å². The summed E-state index contributed by atoms with van der Waals surface area (Å²) in [6.45, 7) is 7.23. The fourth-order valence-corrected chi connectivity index (χ4v) is 7.78. The molecule has 0 heterocycles. The zero-order valence-electron chi connectivity index (χ0n) is 40.7. The third kappa shape index (κ3) is 17.0. The molecule has 0 spiro atoms. The highest BCUT2D eigenvalue weighted by atomic mass is 16.5. The Balaban J connectivity index is 0.946. The summed E-state index contributed by atoms with van der Waals surface area (Å²) in [6, 6.07) is 35.5. The Labute approximate surface area is 417 Å². The van der Waals surface area contributed by atoms with Gasteiger partial charge in [-0.2, -0.15) is 5.26 Å². The smallest absolute Gasteiger partial charge is 0.343 e. The molecule has 0 radical (unpaired) electrons. The molecular formula is C60H63NO10. The standard InChI is InChI=1S/C60H63NO10/c1-3-5-7-9-11-13-15-17-19-41-67-50-32-23-46(24-33-50)58(63)69-52-36-27-48(28-37-52)60(65)71-56-39-29-44-20-38-53(42-54(44)55(56)43-61)70-59(64)47-25-34-51(35-26-47)68-57(62)45-21-30-49(31-22-45)66-40-18-16-14-12-10-8-6-4-2/h3,20-39,42H,1,4-19,40-41H2,2H3. The summed E-state index contributed by atoms with van der Waals surface area (Å²) in [5.41, 5.74) is 1.12. The average Bonchev–Trinajstić information content (AvgIpc) is 3.39. The number of hydrogen-bond acceptors (Lipinski definition) is 11. The first kappa shape index (κ1) is 52.7. The third-order valence-electron chi connectivity index (χ3n) is 11.8. The first-order valence-electron chi connectivity index (χ1n) is 24.9. The number of ether oxygens (including phenoxy) is 6. The van der Waals surface area contributed by atoms with E-state index in [1.807, 2.05) is 6.08 Å². The maximum absolute atomic E-state index is 13.3. The van der Waals surface area contributed by atoms with E-state index in [0.717, 1.165) is 32.1 Å². The van der Waals surface area contributed by atoms with Crippen molar-refractivity contribution in [1.29, 1.82) is 5.26 Å². The van der Waals surface area contributed by atoms with Crippen LogP contribution in [0.15, 0.2) is 140 Å². The lowest BCUT2D eigenvalue weighted by Gasteiger charge is -2.11. The van der Waals surface area contributed by atoms with Crippen molar-refractivity contribution in [2.75, 3.05) is 13.2 Å². The van der Waals surface area contributed by atoms with Gasteiger partial charge in [0.15, 0.2) is 0 Å². The summed E-state index contributed by atoms with van der Waals surface area (Å²) < 4.78 is 34.1. The Bertz CT molecular complexity index is 2700. The van der Waals surface area contributed by atoms with Crippen molar-refractivity contribution < 1.29 is 47.6 Å². The molecule has 11 nitrogen and oxygen atoms in total. The Morgan fingerprint density at radius 2 is 0.817 bits per heavy atom. The van der Waals surface area contributed by atoms with Crippen molar-refractivity contribution in [2.45, 2.75) is 110 Å². The van der Waals surface area contributed by atoms with Crippen LogP contribution >= 0.6 is 0 Å². The van der Waals surface area contributed by atoms with Gasteiger partial charge in [-0.05, 0) is 146 Å². The number of rotatable bonds is 29. The van der Waals surface area contributed by atoms with Gasteiger partial charge in [0.1, 0.15) is 46.1 Å². The second-order valence-corrected chi connectivity index (χ2v) is 17.3. The number of carbonyl (C=O) groups excluding carboxylic acids is 4. The summed E-state index contributed by atoms with van der Waals surface area (Å²) in [5.74, 6) is -0.543. The van der Waals surface area contributed by atoms with Crippen LogP contribution in [0.5, 0.6) is 34.5 Å². The zero-order chi connectivity index (χ0) is 50.0. The minimum absolute atomic E-state index is 0.00500. The highest BCUT2D eigenvalue weighted by Crippen LogP contribution is 2.32. The van der Waals surface area contributed by atoms with Gasteiger partial charge < -0.3 is 28.4 Å². The molecule has 11 heteroatoms. The molecule has 0 aliphatic carbocycles. The molecule has 368 valence electrons. The van der Waals surface area contributed by atoms with E-state index in [9.17, 15) is 24.4 Å². The quantitative estimate of drug-likeness (QED) is 0.0191. The fraction of sp³-hybridized carbons (Fsp3) is 0.317. The number of nitrogens with zero attached hydrogens (tertiary/aromatic N) is 1. The number of benzene rings is 6. The molecule has 0 saturated heterocycles. The number of esters is 4. The fourth-order valence-electron chi connectivity index (χ4n) is 7.78. The highest BCUT2D eigenvalue weighted by molar-refractivity contribution is 5.97. The van der Waals surface area contributed by atoms with Gasteiger partial charge in [-0.15, -0.1) is 6.58 Å².